The zero-order chi connectivity index (χ0) is 17.6. The number of amides is 1. The molecule has 1 aliphatic rings. The van der Waals surface area contributed by atoms with Gasteiger partial charge in [0.25, 0.3) is 5.91 Å². The van der Waals surface area contributed by atoms with Crippen LogP contribution in [0.1, 0.15) is 20.9 Å². The zero-order valence-corrected chi connectivity index (χ0v) is 14.7. The van der Waals surface area contributed by atoms with Gasteiger partial charge in [-0.1, -0.05) is 0 Å². The molecule has 1 fully saturated rings. The van der Waals surface area contributed by atoms with E-state index in [1.807, 2.05) is 19.9 Å². The first kappa shape index (κ1) is 15.7. The van der Waals surface area contributed by atoms with E-state index in [0.717, 1.165) is 22.5 Å². The van der Waals surface area contributed by atoms with Gasteiger partial charge in [-0.25, -0.2) is 9.97 Å². The van der Waals surface area contributed by atoms with Gasteiger partial charge in [0.2, 0.25) is 0 Å². The molecule has 0 radical (unpaired) electrons. The molecule has 0 saturated carbocycles. The minimum absolute atomic E-state index is 0.0704. The van der Waals surface area contributed by atoms with Crippen molar-refractivity contribution in [2.24, 2.45) is 0 Å². The Balaban J connectivity index is 1.49. The molecular formula is C16H17N7OS. The number of hydrogen-bond donors (Lipinski definition) is 2. The lowest BCUT2D eigenvalue weighted by molar-refractivity contribution is 0.0935. The molecule has 0 spiro atoms. The maximum Gasteiger partial charge on any atom is 0.263 e. The summed E-state index contributed by atoms with van der Waals surface area (Å²) in [7, 11) is 0. The standard InChI is InChI=1S/C16H17N7OS/c1-8-9(2)21-22-16-12(8)13(17)14(25-16)15(24)20-10-5-23(6-10)11-3-4-18-7-19-11/h3-4,7,10H,5-6,17H2,1-2H3,(H,20,24). The highest BCUT2D eigenvalue weighted by molar-refractivity contribution is 7.21. The second kappa shape index (κ2) is 5.92. The average Bonchev–Trinajstić information content (AvgIpc) is 2.92. The molecule has 8 nitrogen and oxygen atoms in total. The predicted molar refractivity (Wildman–Crippen MR) is 96.8 cm³/mol. The number of nitrogens with zero attached hydrogens (tertiary/aromatic N) is 5. The van der Waals surface area contributed by atoms with E-state index in [-0.39, 0.29) is 11.9 Å². The molecule has 3 aromatic heterocycles. The average molecular weight is 355 g/mol. The van der Waals surface area contributed by atoms with E-state index in [2.05, 4.69) is 30.4 Å². The second-order valence-electron chi connectivity index (χ2n) is 6.08. The van der Waals surface area contributed by atoms with Crippen LogP contribution in [0.4, 0.5) is 11.5 Å². The molecule has 4 rings (SSSR count). The van der Waals surface area contributed by atoms with Gasteiger partial charge in [-0.3, -0.25) is 4.79 Å². The number of rotatable bonds is 3. The summed E-state index contributed by atoms with van der Waals surface area (Å²) in [5.74, 6) is 0.702. The Bertz CT molecular complexity index is 950. The fourth-order valence-corrected chi connectivity index (χ4v) is 3.89. The Kier molecular flexibility index (Phi) is 3.72. The Morgan fingerprint density at radius 2 is 2.16 bits per heavy atom. The summed E-state index contributed by atoms with van der Waals surface area (Å²) in [6, 6.07) is 1.92. The summed E-state index contributed by atoms with van der Waals surface area (Å²) < 4.78 is 0. The van der Waals surface area contributed by atoms with Crippen LogP contribution in [0.25, 0.3) is 10.2 Å². The van der Waals surface area contributed by atoms with E-state index in [9.17, 15) is 4.79 Å². The molecule has 0 aliphatic carbocycles. The van der Waals surface area contributed by atoms with Gasteiger partial charge in [0.1, 0.15) is 21.9 Å². The molecule has 0 bridgehead atoms. The van der Waals surface area contributed by atoms with Crippen LogP contribution in [0.2, 0.25) is 0 Å². The molecule has 0 aromatic carbocycles. The third kappa shape index (κ3) is 2.66. The van der Waals surface area contributed by atoms with Crippen molar-refractivity contribution in [1.29, 1.82) is 0 Å². The minimum Gasteiger partial charge on any atom is -0.397 e. The minimum atomic E-state index is -0.162. The van der Waals surface area contributed by atoms with E-state index in [0.29, 0.717) is 28.5 Å². The highest BCUT2D eigenvalue weighted by atomic mass is 32.1. The van der Waals surface area contributed by atoms with Gasteiger partial charge in [0, 0.05) is 24.7 Å². The third-order valence-electron chi connectivity index (χ3n) is 4.45. The van der Waals surface area contributed by atoms with Gasteiger partial charge in [0.15, 0.2) is 0 Å². The van der Waals surface area contributed by atoms with Crippen molar-refractivity contribution in [2.45, 2.75) is 19.9 Å². The summed E-state index contributed by atoms with van der Waals surface area (Å²) in [6.45, 7) is 5.26. The SMILES string of the molecule is Cc1nnc2sc(C(=O)NC3CN(c4ccncn4)C3)c(N)c2c1C. The van der Waals surface area contributed by atoms with Crippen molar-refractivity contribution in [1.82, 2.24) is 25.5 Å². The van der Waals surface area contributed by atoms with Crippen LogP contribution in [0.3, 0.4) is 0 Å². The number of nitrogen functional groups attached to an aromatic ring is 1. The van der Waals surface area contributed by atoms with Crippen LogP contribution in [-0.4, -0.2) is 45.2 Å². The Hall–Kier alpha value is -2.81. The first-order valence-corrected chi connectivity index (χ1v) is 8.70. The Morgan fingerprint density at radius 1 is 1.36 bits per heavy atom. The normalized spacial score (nSPS) is 14.6. The number of aryl methyl sites for hydroxylation is 2. The van der Waals surface area contributed by atoms with Crippen molar-refractivity contribution in [3.05, 3.63) is 34.7 Å². The molecule has 1 aliphatic heterocycles. The van der Waals surface area contributed by atoms with Gasteiger partial charge in [-0.15, -0.1) is 16.4 Å². The molecule has 128 valence electrons. The largest absolute Gasteiger partial charge is 0.397 e. The van der Waals surface area contributed by atoms with E-state index in [1.165, 1.54) is 17.7 Å². The second-order valence-corrected chi connectivity index (χ2v) is 7.08. The van der Waals surface area contributed by atoms with Crippen LogP contribution < -0.4 is 16.0 Å². The number of thiophene rings is 1. The molecule has 9 heteroatoms. The van der Waals surface area contributed by atoms with Crippen LogP contribution in [0.5, 0.6) is 0 Å². The van der Waals surface area contributed by atoms with Crippen LogP contribution in [-0.2, 0) is 0 Å². The zero-order valence-electron chi connectivity index (χ0n) is 13.9. The lowest BCUT2D eigenvalue weighted by Crippen LogP contribution is -2.59. The van der Waals surface area contributed by atoms with E-state index < -0.39 is 0 Å². The first-order valence-electron chi connectivity index (χ1n) is 7.88. The smallest absolute Gasteiger partial charge is 0.263 e. The summed E-state index contributed by atoms with van der Waals surface area (Å²) in [6.07, 6.45) is 3.22. The number of nitrogens with one attached hydrogen (secondary N) is 1. The van der Waals surface area contributed by atoms with Gasteiger partial charge >= 0.3 is 0 Å². The van der Waals surface area contributed by atoms with Crippen molar-refractivity contribution in [3.8, 4) is 0 Å². The summed E-state index contributed by atoms with van der Waals surface area (Å²) in [5, 5.41) is 12.1. The summed E-state index contributed by atoms with van der Waals surface area (Å²) in [5.41, 5.74) is 8.50. The fraction of sp³-hybridized carbons (Fsp3) is 0.312. The van der Waals surface area contributed by atoms with E-state index in [4.69, 9.17) is 5.73 Å². The highest BCUT2D eigenvalue weighted by Gasteiger charge is 2.30. The molecule has 0 atom stereocenters. The quantitative estimate of drug-likeness (QED) is 0.728. The highest BCUT2D eigenvalue weighted by Crippen LogP contribution is 2.35. The number of nitrogens with two attached hydrogens (primary N) is 1. The fourth-order valence-electron chi connectivity index (χ4n) is 2.89. The first-order chi connectivity index (χ1) is 12.0. The molecular weight excluding hydrogens is 338 g/mol. The maximum atomic E-state index is 12.6. The van der Waals surface area contributed by atoms with E-state index >= 15 is 0 Å². The Labute approximate surface area is 148 Å². The van der Waals surface area contributed by atoms with Crippen LogP contribution in [0.15, 0.2) is 18.6 Å². The number of carbonyl (C=O) groups excluding carboxylic acids is 1. The molecule has 1 amide bonds. The van der Waals surface area contributed by atoms with Gasteiger partial charge in [0.05, 0.1) is 17.4 Å². The molecule has 3 N–H and O–H groups in total. The maximum absolute atomic E-state index is 12.6. The van der Waals surface area contributed by atoms with Gasteiger partial charge < -0.3 is 16.0 Å². The number of hydrogen-bond acceptors (Lipinski definition) is 8. The van der Waals surface area contributed by atoms with Crippen molar-refractivity contribution < 1.29 is 4.79 Å². The molecule has 25 heavy (non-hydrogen) atoms. The number of anilines is 2. The number of fused-ring (bicyclic) bond motifs is 1. The lowest BCUT2D eigenvalue weighted by atomic mass is 10.1. The monoisotopic (exact) mass is 355 g/mol. The van der Waals surface area contributed by atoms with Crippen LogP contribution >= 0.6 is 11.3 Å². The van der Waals surface area contributed by atoms with Crippen molar-refractivity contribution >= 4 is 39.0 Å². The van der Waals surface area contributed by atoms with Crippen molar-refractivity contribution in [3.63, 3.8) is 0 Å². The van der Waals surface area contributed by atoms with Gasteiger partial charge in [-0.2, -0.15) is 5.10 Å². The molecule has 1 saturated heterocycles. The van der Waals surface area contributed by atoms with E-state index in [1.54, 1.807) is 6.20 Å². The molecule has 4 heterocycles. The topological polar surface area (TPSA) is 110 Å². The summed E-state index contributed by atoms with van der Waals surface area (Å²) >= 11 is 1.28. The van der Waals surface area contributed by atoms with Gasteiger partial charge in [-0.05, 0) is 25.5 Å². The van der Waals surface area contributed by atoms with Crippen molar-refractivity contribution in [2.75, 3.05) is 23.7 Å². The molecule has 0 unspecified atom stereocenters. The predicted octanol–water partition coefficient (Wildman–Crippen LogP) is 1.30. The third-order valence-corrected chi connectivity index (χ3v) is 5.54. The summed E-state index contributed by atoms with van der Waals surface area (Å²) in [4.78, 5) is 24.0. The number of carbonyl (C=O) groups is 1. The van der Waals surface area contributed by atoms with Crippen LogP contribution in [0, 0.1) is 13.8 Å². The number of aromatic nitrogens is 4. The molecule has 3 aromatic rings. The lowest BCUT2D eigenvalue weighted by Gasteiger charge is -2.40. The Morgan fingerprint density at radius 3 is 2.88 bits per heavy atom.